The molecule has 0 aliphatic carbocycles. The molecule has 0 fully saturated rings. The molecule has 1 aromatic carbocycles. The van der Waals surface area contributed by atoms with Gasteiger partial charge in [-0.3, -0.25) is 24.0 Å². The number of aryl methyl sites for hydroxylation is 1. The second-order valence-corrected chi connectivity index (χ2v) is 29.7. The Hall–Kier alpha value is -4.74. The standard InChI is InChI=1S/C22H21BrO8.C12H17BrO4.C11H15BrO4.C7H10O3.C6H6O3.C4H6Br2O.CH4O.CH3.BrH.Mg/c1-12-9-19(24)31-18-10-14(5-7-16(12)18)30-21(26)28-13(2)17-8-6-15(29-17)11-27-20(25)22(3,4)23;1-8(15-4)10-6-5-9(17-10)7-16-11(14)12(2,3)13;1-7(13)9-5-4-8(16-9)6-15-10(14)11(2,3)12;1-5(9)7-3-2-6(4-8)10-7;7-3-5-1-2-6(4-8)9-5;1-4(2,6)3(5)7;1-2;;;/h5-10,13H,11H2,1-4H3;5-6,8H,7H2,1-4H3;4-5,7,13H,6H2,1-3H3;2-3,5,8-9H,4H2,1H3;1-3,8H,4H2;1-2H3;2H,1H3;1H3;1H;/q;;;;;;;-1;;+2/p-1. The summed E-state index contributed by atoms with van der Waals surface area (Å²) in [7, 11) is 2.61. The first-order valence-electron chi connectivity index (χ1n) is 27.6. The van der Waals surface area contributed by atoms with Crippen molar-refractivity contribution in [3.8, 4) is 5.75 Å². The molecule has 0 bridgehead atoms. The zero-order chi connectivity index (χ0) is 70.5. The van der Waals surface area contributed by atoms with Crippen molar-refractivity contribution in [2.75, 3.05) is 14.2 Å². The number of ether oxygens (including phenoxy) is 6. The maximum Gasteiger partial charge on any atom is 2.00 e. The third kappa shape index (κ3) is 36.6. The van der Waals surface area contributed by atoms with Gasteiger partial charge in [0.05, 0.1) is 4.32 Å². The molecule has 7 aromatic rings. The van der Waals surface area contributed by atoms with Gasteiger partial charge in [0, 0.05) is 31.7 Å². The van der Waals surface area contributed by atoms with Crippen molar-refractivity contribution in [3.05, 3.63) is 166 Å². The van der Waals surface area contributed by atoms with Crippen LogP contribution in [0.2, 0.25) is 0 Å². The van der Waals surface area contributed by atoms with Gasteiger partial charge in [0.2, 0.25) is 4.69 Å². The Bertz CT molecular complexity index is 3440. The second-order valence-electron chi connectivity index (χ2n) is 21.1. The van der Waals surface area contributed by atoms with Gasteiger partial charge in [0.15, 0.2) is 18.2 Å². The summed E-state index contributed by atoms with van der Waals surface area (Å²) in [6.45, 7) is 22.2. The summed E-state index contributed by atoms with van der Waals surface area (Å²) in [4.78, 5) is 78.7. The molecule has 6 heterocycles. The van der Waals surface area contributed by atoms with E-state index in [1.54, 1.807) is 151 Å². The molecular weight excluding hydrogens is 1660 g/mol. The Kier molecular flexibility index (Phi) is 45.5. The average Bonchev–Trinajstić information content (AvgIpc) is 1.71. The average molecular weight is 1740 g/mol. The fraction of sp³-hybridized carbons (Fsp3) is 0.438. The molecule has 0 amide bonds. The molecule has 0 aliphatic rings. The Morgan fingerprint density at radius 2 is 0.905 bits per heavy atom. The summed E-state index contributed by atoms with van der Waals surface area (Å²) in [6, 6.07) is 22.6. The number of alkyl halides is 4. The van der Waals surface area contributed by atoms with Gasteiger partial charge in [-0.15, -0.1) is 0 Å². The van der Waals surface area contributed by atoms with Gasteiger partial charge in [0.1, 0.15) is 127 Å². The van der Waals surface area contributed by atoms with E-state index in [0.29, 0.717) is 58.0 Å². The minimum Gasteiger partial charge on any atom is -1.00 e. The van der Waals surface area contributed by atoms with Crippen LogP contribution in [0.3, 0.4) is 0 Å². The van der Waals surface area contributed by atoms with Crippen molar-refractivity contribution in [1.29, 1.82) is 0 Å². The minimum atomic E-state index is -0.952. The number of hydrogen-bond acceptors (Lipinski definition) is 24. The molecule has 24 nitrogen and oxygen atoms in total. The van der Waals surface area contributed by atoms with Crippen molar-refractivity contribution >= 4 is 149 Å². The third-order valence-corrected chi connectivity index (χ3v) is 14.0. The van der Waals surface area contributed by atoms with E-state index >= 15 is 0 Å². The zero-order valence-corrected chi connectivity index (χ0v) is 66.4. The molecule has 95 heavy (non-hydrogen) atoms. The summed E-state index contributed by atoms with van der Waals surface area (Å²) in [5.74, 6) is 3.76. The fourth-order valence-corrected chi connectivity index (χ4v) is 6.40. The van der Waals surface area contributed by atoms with E-state index in [-0.39, 0.29) is 115 Å². The van der Waals surface area contributed by atoms with Crippen LogP contribution >= 0.6 is 79.6 Å². The molecule has 0 saturated carbocycles. The minimum absolute atomic E-state index is 0. The maximum atomic E-state index is 12.1. The van der Waals surface area contributed by atoms with Crippen molar-refractivity contribution in [2.45, 2.75) is 165 Å². The van der Waals surface area contributed by atoms with Gasteiger partial charge in [-0.05, 0) is 184 Å². The monoisotopic (exact) mass is 1730 g/mol. The number of aldehydes is 1. The molecule has 526 valence electrons. The number of carbonyl (C=O) groups excluding carboxylic acids is 6. The van der Waals surface area contributed by atoms with Gasteiger partial charge in [-0.2, -0.15) is 0 Å². The molecule has 31 heteroatoms. The molecular formula is C64H82Br6MgO24. The van der Waals surface area contributed by atoms with Crippen molar-refractivity contribution < 1.29 is 126 Å². The first-order valence-corrected chi connectivity index (χ1v) is 31.5. The van der Waals surface area contributed by atoms with Gasteiger partial charge in [0.25, 0.3) is 0 Å². The summed E-state index contributed by atoms with van der Waals surface area (Å²) in [5, 5.41) is 42.9. The number of furan rings is 5. The molecule has 6 aromatic heterocycles. The van der Waals surface area contributed by atoms with E-state index in [0.717, 1.165) is 23.8 Å². The van der Waals surface area contributed by atoms with Crippen LogP contribution in [0.4, 0.5) is 4.79 Å². The zero-order valence-electron chi connectivity index (χ0n) is 55.5. The maximum absolute atomic E-state index is 12.1. The molecule has 7 rings (SSSR count). The van der Waals surface area contributed by atoms with Crippen LogP contribution in [0.15, 0.2) is 116 Å². The Labute approximate surface area is 620 Å². The number of rotatable bonds is 20. The number of fused-ring (bicyclic) bond motifs is 1. The number of carbonyl (C=O) groups is 6. The Balaban J connectivity index is -0.00000114. The normalized spacial score (nSPS) is 12.0. The van der Waals surface area contributed by atoms with E-state index in [1.807, 2.05) is 13.0 Å². The van der Waals surface area contributed by atoms with E-state index in [2.05, 4.69) is 79.6 Å². The SMILES string of the molecule is CC(C)(Br)C(=O)Br.CC(O)c1ccc(CO)o1.CC(O)c1ccc(COC(=O)C(C)(C)Br)o1.CO.COC(C)c1ccc(COC(=O)C(C)(C)Br)o1.Cc1cc(=O)oc2cc(OC(=O)OC(C)c3ccc(COC(=O)C(C)(C)Br)o3)ccc12.O=Cc1ccc(CO)o1.[Br-].[CH3-].[Mg+2]. The van der Waals surface area contributed by atoms with E-state index in [4.69, 9.17) is 75.4 Å². The van der Waals surface area contributed by atoms with Crippen LogP contribution < -0.4 is 27.3 Å². The van der Waals surface area contributed by atoms with E-state index in [9.17, 15) is 38.7 Å². The summed E-state index contributed by atoms with van der Waals surface area (Å²) < 4.78 is 59.4. The van der Waals surface area contributed by atoms with Gasteiger partial charge < -0.3 is 105 Å². The van der Waals surface area contributed by atoms with Crippen LogP contribution in [-0.4, -0.2) is 115 Å². The number of aliphatic hydroxyl groups excluding tert-OH is 5. The van der Waals surface area contributed by atoms with Crippen LogP contribution in [0.1, 0.15) is 175 Å². The number of methoxy groups -OCH3 is 1. The number of hydrogen-bond donors (Lipinski definition) is 5. The van der Waals surface area contributed by atoms with E-state index in [1.165, 1.54) is 18.2 Å². The second kappa shape index (κ2) is 45.8. The molecule has 0 radical (unpaired) electrons. The summed E-state index contributed by atoms with van der Waals surface area (Å²) in [6.07, 6.45) is -2.46. The van der Waals surface area contributed by atoms with Crippen LogP contribution in [0.5, 0.6) is 5.75 Å². The third-order valence-electron chi connectivity index (χ3n) is 11.2. The summed E-state index contributed by atoms with van der Waals surface area (Å²) >= 11 is 15.6. The fourth-order valence-electron chi connectivity index (χ4n) is 6.06. The Morgan fingerprint density at radius 3 is 1.23 bits per heavy atom. The van der Waals surface area contributed by atoms with Crippen molar-refractivity contribution in [2.24, 2.45) is 0 Å². The number of benzene rings is 1. The molecule has 0 saturated heterocycles. The van der Waals surface area contributed by atoms with Gasteiger partial charge in [-0.25, -0.2) is 9.59 Å². The van der Waals surface area contributed by atoms with Gasteiger partial charge >= 0.3 is 52.7 Å². The first-order chi connectivity index (χ1) is 42.7. The molecule has 5 N–H and O–H groups in total. The smallest absolute Gasteiger partial charge is 1.00 e. The van der Waals surface area contributed by atoms with E-state index < -0.39 is 53.4 Å². The van der Waals surface area contributed by atoms with Crippen LogP contribution in [0.25, 0.3) is 11.0 Å². The quantitative estimate of drug-likeness (QED) is 0.00545. The topological polar surface area (TPSA) is 355 Å². The number of aliphatic hydroxyl groups is 5. The Morgan fingerprint density at radius 1 is 0.547 bits per heavy atom. The largest absolute Gasteiger partial charge is 2.00 e. The number of esters is 3. The van der Waals surface area contributed by atoms with Crippen LogP contribution in [-0.2, 0) is 75.9 Å². The molecule has 4 unspecified atom stereocenters. The molecule has 0 spiro atoms. The molecule has 4 atom stereocenters. The predicted molar refractivity (Wildman–Crippen MR) is 366 cm³/mol. The van der Waals surface area contributed by atoms with Crippen LogP contribution in [0, 0.1) is 14.4 Å². The first kappa shape index (κ1) is 94.4. The predicted octanol–water partition coefficient (Wildman–Crippen LogP) is 11.1. The van der Waals surface area contributed by atoms with Gasteiger partial charge in [-0.1, -0.05) is 63.7 Å². The number of halogens is 6. The van der Waals surface area contributed by atoms with Crippen molar-refractivity contribution in [1.82, 2.24) is 0 Å². The molecule has 0 aliphatic heterocycles. The summed E-state index contributed by atoms with van der Waals surface area (Å²) in [5.41, 5.74) is 0.575. The van der Waals surface area contributed by atoms with Crippen molar-refractivity contribution in [3.63, 3.8) is 0 Å².